The molecule has 1 aromatic carbocycles. The van der Waals surface area contributed by atoms with Gasteiger partial charge in [-0.25, -0.2) is 4.79 Å². The third kappa shape index (κ3) is 2.65. The van der Waals surface area contributed by atoms with E-state index in [1.165, 1.54) is 9.36 Å². The highest BCUT2D eigenvalue weighted by Crippen LogP contribution is 2.07. The topological polar surface area (TPSA) is 78.7 Å². The molecule has 0 aliphatic rings. The third-order valence-corrected chi connectivity index (χ3v) is 2.21. The number of tetrazole rings is 1. The Morgan fingerprint density at radius 1 is 1.24 bits per heavy atom. The summed E-state index contributed by atoms with van der Waals surface area (Å²) in [6.45, 7) is 2.56. The summed E-state index contributed by atoms with van der Waals surface area (Å²) in [5, 5.41) is 7.60. The van der Waals surface area contributed by atoms with Gasteiger partial charge >= 0.3 is 5.69 Å². The largest absolute Gasteiger partial charge is 0.399 e. The van der Waals surface area contributed by atoms with E-state index in [0.717, 1.165) is 6.42 Å². The minimum absolute atomic E-state index is 0. The maximum atomic E-state index is 11.8. The van der Waals surface area contributed by atoms with Crippen molar-refractivity contribution in [2.45, 2.75) is 19.9 Å². The van der Waals surface area contributed by atoms with Crippen LogP contribution in [0.5, 0.6) is 0 Å². The molecule has 0 radical (unpaired) electrons. The molecule has 0 spiro atoms. The van der Waals surface area contributed by atoms with Gasteiger partial charge in [-0.3, -0.25) is 0 Å². The SMILES string of the molecule is CCCn1nnn(-c2ccc(N)cc2)c1=O.Cl. The minimum Gasteiger partial charge on any atom is -0.399 e. The minimum atomic E-state index is -0.230. The third-order valence-electron chi connectivity index (χ3n) is 2.21. The van der Waals surface area contributed by atoms with Crippen molar-refractivity contribution in [1.29, 1.82) is 0 Å². The van der Waals surface area contributed by atoms with Gasteiger partial charge in [0.1, 0.15) is 0 Å². The van der Waals surface area contributed by atoms with Crippen molar-refractivity contribution in [2.24, 2.45) is 0 Å². The summed E-state index contributed by atoms with van der Waals surface area (Å²) >= 11 is 0. The molecule has 0 amide bonds. The zero-order valence-electron chi connectivity index (χ0n) is 9.41. The Kier molecular flexibility index (Phi) is 4.28. The van der Waals surface area contributed by atoms with Gasteiger partial charge in [-0.2, -0.15) is 9.36 Å². The van der Waals surface area contributed by atoms with Gasteiger partial charge in [-0.05, 0) is 41.1 Å². The van der Waals surface area contributed by atoms with E-state index in [4.69, 9.17) is 5.73 Å². The number of benzene rings is 1. The van der Waals surface area contributed by atoms with Crippen LogP contribution in [-0.4, -0.2) is 19.8 Å². The fourth-order valence-electron chi connectivity index (χ4n) is 1.40. The Balaban J connectivity index is 0.00000144. The van der Waals surface area contributed by atoms with Crippen molar-refractivity contribution in [3.8, 4) is 5.69 Å². The van der Waals surface area contributed by atoms with Crippen LogP contribution in [0.3, 0.4) is 0 Å². The molecule has 2 N–H and O–H groups in total. The van der Waals surface area contributed by atoms with Crippen LogP contribution in [0.4, 0.5) is 5.69 Å². The Labute approximate surface area is 104 Å². The van der Waals surface area contributed by atoms with Crippen LogP contribution in [0.25, 0.3) is 5.69 Å². The second-order valence-corrected chi connectivity index (χ2v) is 3.49. The van der Waals surface area contributed by atoms with Gasteiger partial charge in [-0.1, -0.05) is 6.92 Å². The monoisotopic (exact) mass is 255 g/mol. The number of rotatable bonds is 3. The molecule has 1 aromatic heterocycles. The van der Waals surface area contributed by atoms with E-state index in [1.54, 1.807) is 24.3 Å². The van der Waals surface area contributed by atoms with E-state index in [9.17, 15) is 4.79 Å². The first kappa shape index (κ1) is 13.2. The molecule has 2 aromatic rings. The summed E-state index contributed by atoms with van der Waals surface area (Å²) in [4.78, 5) is 11.8. The molecule has 2 rings (SSSR count). The van der Waals surface area contributed by atoms with Gasteiger partial charge in [0.15, 0.2) is 0 Å². The Hall–Kier alpha value is -1.82. The lowest BCUT2D eigenvalue weighted by molar-refractivity contribution is 0.564. The second kappa shape index (κ2) is 5.49. The van der Waals surface area contributed by atoms with Crippen LogP contribution in [0.15, 0.2) is 29.1 Å². The molecule has 0 bridgehead atoms. The average Bonchev–Trinajstić information content (AvgIpc) is 2.63. The molecule has 0 fully saturated rings. The van der Waals surface area contributed by atoms with Crippen molar-refractivity contribution < 1.29 is 0 Å². The van der Waals surface area contributed by atoms with Gasteiger partial charge < -0.3 is 5.73 Å². The second-order valence-electron chi connectivity index (χ2n) is 3.49. The molecule has 92 valence electrons. The number of hydrogen-bond donors (Lipinski definition) is 1. The zero-order chi connectivity index (χ0) is 11.5. The Morgan fingerprint density at radius 3 is 2.47 bits per heavy atom. The lowest BCUT2D eigenvalue weighted by Gasteiger charge is -1.98. The van der Waals surface area contributed by atoms with E-state index >= 15 is 0 Å². The van der Waals surface area contributed by atoms with Crippen LogP contribution in [0, 0.1) is 0 Å². The lowest BCUT2D eigenvalue weighted by Crippen LogP contribution is -2.24. The van der Waals surface area contributed by atoms with E-state index in [-0.39, 0.29) is 18.1 Å². The number of aryl methyl sites for hydroxylation is 1. The predicted octanol–water partition coefficient (Wildman–Crippen LogP) is 0.843. The first-order chi connectivity index (χ1) is 7.72. The highest BCUT2D eigenvalue weighted by molar-refractivity contribution is 5.85. The van der Waals surface area contributed by atoms with Crippen molar-refractivity contribution in [1.82, 2.24) is 19.8 Å². The fourth-order valence-corrected chi connectivity index (χ4v) is 1.40. The molecule has 0 atom stereocenters. The van der Waals surface area contributed by atoms with Crippen molar-refractivity contribution in [3.63, 3.8) is 0 Å². The first-order valence-corrected chi connectivity index (χ1v) is 5.11. The predicted molar refractivity (Wildman–Crippen MR) is 67.6 cm³/mol. The summed E-state index contributed by atoms with van der Waals surface area (Å²) in [5.41, 5.74) is 6.66. The zero-order valence-corrected chi connectivity index (χ0v) is 10.2. The van der Waals surface area contributed by atoms with Crippen LogP contribution in [-0.2, 0) is 6.54 Å². The van der Waals surface area contributed by atoms with Crippen molar-refractivity contribution >= 4 is 18.1 Å². The number of nitrogens with two attached hydrogens (primary N) is 1. The number of nitrogens with zero attached hydrogens (tertiary/aromatic N) is 4. The molecule has 0 aliphatic heterocycles. The van der Waals surface area contributed by atoms with E-state index in [1.807, 2.05) is 6.92 Å². The molecular weight excluding hydrogens is 242 g/mol. The number of aromatic nitrogens is 4. The maximum absolute atomic E-state index is 11.8. The van der Waals surface area contributed by atoms with Crippen LogP contribution >= 0.6 is 12.4 Å². The highest BCUT2D eigenvalue weighted by atomic mass is 35.5. The number of nitrogen functional groups attached to an aromatic ring is 1. The smallest absolute Gasteiger partial charge is 0.368 e. The van der Waals surface area contributed by atoms with Crippen molar-refractivity contribution in [3.05, 3.63) is 34.7 Å². The number of anilines is 1. The normalized spacial score (nSPS) is 9.94. The molecule has 0 aliphatic carbocycles. The van der Waals surface area contributed by atoms with Gasteiger partial charge in [0.25, 0.3) is 0 Å². The van der Waals surface area contributed by atoms with Gasteiger partial charge in [-0.15, -0.1) is 12.4 Å². The molecule has 0 unspecified atom stereocenters. The highest BCUT2D eigenvalue weighted by Gasteiger charge is 2.07. The van der Waals surface area contributed by atoms with Gasteiger partial charge in [0.2, 0.25) is 0 Å². The quantitative estimate of drug-likeness (QED) is 0.825. The van der Waals surface area contributed by atoms with Crippen LogP contribution < -0.4 is 11.4 Å². The standard InChI is InChI=1S/C10H13N5O.ClH/c1-2-7-14-10(16)15(13-12-14)9-5-3-8(11)4-6-9;/h3-6H,2,7,11H2,1H3;1H. The molecular formula is C10H14ClN5O. The molecule has 6 nitrogen and oxygen atoms in total. The summed E-state index contributed by atoms with van der Waals surface area (Å²) < 4.78 is 2.60. The molecule has 17 heavy (non-hydrogen) atoms. The molecule has 7 heteroatoms. The van der Waals surface area contributed by atoms with E-state index in [0.29, 0.717) is 17.9 Å². The van der Waals surface area contributed by atoms with Crippen molar-refractivity contribution in [2.75, 3.05) is 5.73 Å². The van der Waals surface area contributed by atoms with Crippen LogP contribution in [0.2, 0.25) is 0 Å². The average molecular weight is 256 g/mol. The van der Waals surface area contributed by atoms with Gasteiger partial charge in [0, 0.05) is 12.2 Å². The fraction of sp³-hybridized carbons (Fsp3) is 0.300. The van der Waals surface area contributed by atoms with E-state index < -0.39 is 0 Å². The summed E-state index contributed by atoms with van der Waals surface area (Å²) in [5.74, 6) is 0. The summed E-state index contributed by atoms with van der Waals surface area (Å²) in [7, 11) is 0. The first-order valence-electron chi connectivity index (χ1n) is 5.11. The number of halogens is 1. The van der Waals surface area contributed by atoms with Gasteiger partial charge in [0.05, 0.1) is 5.69 Å². The molecule has 1 heterocycles. The van der Waals surface area contributed by atoms with Crippen LogP contribution in [0.1, 0.15) is 13.3 Å². The molecule has 0 saturated heterocycles. The Morgan fingerprint density at radius 2 is 1.88 bits per heavy atom. The Bertz CT molecular complexity index is 530. The summed E-state index contributed by atoms with van der Waals surface area (Å²) in [6, 6.07) is 6.92. The maximum Gasteiger partial charge on any atom is 0.368 e. The lowest BCUT2D eigenvalue weighted by atomic mass is 10.3. The number of hydrogen-bond acceptors (Lipinski definition) is 4. The van der Waals surface area contributed by atoms with E-state index in [2.05, 4.69) is 10.4 Å². The summed E-state index contributed by atoms with van der Waals surface area (Å²) in [6.07, 6.45) is 0.848. The molecule has 0 saturated carbocycles.